The summed E-state index contributed by atoms with van der Waals surface area (Å²) >= 11 is 0. The molecule has 4 aliphatic rings. The predicted octanol–water partition coefficient (Wildman–Crippen LogP) is 2.48. The third-order valence-electron chi connectivity index (χ3n) is 5.34. The van der Waals surface area contributed by atoms with E-state index >= 15 is 0 Å². The molecule has 2 bridgehead atoms. The van der Waals surface area contributed by atoms with Crippen LogP contribution in [0.3, 0.4) is 0 Å². The molecular weight excluding hydrogens is 294 g/mol. The van der Waals surface area contributed by atoms with E-state index in [-0.39, 0.29) is 0 Å². The van der Waals surface area contributed by atoms with Crippen molar-refractivity contribution in [2.45, 2.75) is 24.9 Å². The minimum absolute atomic E-state index is 0.309. The monoisotopic (exact) mass is 315 g/mol. The van der Waals surface area contributed by atoms with Gasteiger partial charge in [-0.25, -0.2) is 9.69 Å². The summed E-state index contributed by atoms with van der Waals surface area (Å²) in [6.45, 7) is 2.92. The fraction of sp³-hybridized carbons (Fsp3) is 0.529. The van der Waals surface area contributed by atoms with E-state index in [9.17, 15) is 4.79 Å². The van der Waals surface area contributed by atoms with Gasteiger partial charge in [-0.1, -0.05) is 6.07 Å². The molecule has 0 aliphatic carbocycles. The first kappa shape index (κ1) is 14.5. The molecule has 1 atom stereocenters. The van der Waals surface area contributed by atoms with Crippen LogP contribution in [0.25, 0.3) is 0 Å². The molecule has 5 rings (SSSR count). The number of amidine groups is 1. The quantitative estimate of drug-likeness (QED) is 0.910. The number of carbonyl (C=O) groups is 1. The Balaban J connectivity index is 1.61. The van der Waals surface area contributed by atoms with Gasteiger partial charge in [-0.05, 0) is 38.1 Å². The van der Waals surface area contributed by atoms with Crippen LogP contribution in [0.2, 0.25) is 0 Å². The third kappa shape index (κ3) is 2.28. The molecule has 122 valence electrons. The zero-order chi connectivity index (χ0) is 16.0. The first-order chi connectivity index (χ1) is 11.1. The van der Waals surface area contributed by atoms with E-state index in [1.54, 1.807) is 19.2 Å². The lowest BCUT2D eigenvalue weighted by Crippen LogP contribution is -2.66. The number of ether oxygens (including phenoxy) is 2. The standard InChI is InChI=1S/C17H21N3O3/c1-22-14-4-2-3-13(9-14)20-15(18)10-17(23-16(20)21)11-19-7-5-12(17)6-8-19/h2-4,9,12,18H,5-8,10-11H2,1H3. The SMILES string of the molecule is COc1cccc(N2C(=N)CC3(CN4CCC3CC4)OC2=O)c1. The van der Waals surface area contributed by atoms with Gasteiger partial charge >= 0.3 is 6.09 Å². The maximum Gasteiger partial charge on any atom is 0.420 e. The van der Waals surface area contributed by atoms with E-state index in [4.69, 9.17) is 14.9 Å². The number of nitrogens with zero attached hydrogens (tertiary/aromatic N) is 2. The smallest absolute Gasteiger partial charge is 0.420 e. The van der Waals surface area contributed by atoms with Crippen molar-refractivity contribution >= 4 is 17.6 Å². The van der Waals surface area contributed by atoms with Crippen molar-refractivity contribution in [3.8, 4) is 5.75 Å². The number of amides is 1. The van der Waals surface area contributed by atoms with Crippen LogP contribution in [0.1, 0.15) is 19.3 Å². The average Bonchev–Trinajstić information content (AvgIpc) is 2.55. The van der Waals surface area contributed by atoms with E-state index in [2.05, 4.69) is 4.90 Å². The van der Waals surface area contributed by atoms with Crippen molar-refractivity contribution in [3.63, 3.8) is 0 Å². The predicted molar refractivity (Wildman–Crippen MR) is 86.2 cm³/mol. The Kier molecular flexibility index (Phi) is 3.30. The van der Waals surface area contributed by atoms with Gasteiger partial charge in [0.25, 0.3) is 0 Å². The Bertz CT molecular complexity index is 634. The van der Waals surface area contributed by atoms with Crippen LogP contribution in [-0.2, 0) is 4.74 Å². The molecule has 1 amide bonds. The van der Waals surface area contributed by atoms with Gasteiger partial charge < -0.3 is 9.47 Å². The Morgan fingerprint density at radius 3 is 2.74 bits per heavy atom. The number of piperidine rings is 3. The highest BCUT2D eigenvalue weighted by atomic mass is 16.6. The molecule has 6 nitrogen and oxygen atoms in total. The van der Waals surface area contributed by atoms with Gasteiger partial charge in [0.15, 0.2) is 0 Å². The molecule has 1 spiro atoms. The number of hydrogen-bond donors (Lipinski definition) is 1. The fourth-order valence-corrected chi connectivity index (χ4v) is 4.18. The van der Waals surface area contributed by atoms with Crippen LogP contribution in [0.4, 0.5) is 10.5 Å². The summed E-state index contributed by atoms with van der Waals surface area (Å²) in [6.07, 6.45) is 2.15. The summed E-state index contributed by atoms with van der Waals surface area (Å²) < 4.78 is 11.1. The zero-order valence-electron chi connectivity index (χ0n) is 13.2. The van der Waals surface area contributed by atoms with E-state index < -0.39 is 11.7 Å². The Hall–Kier alpha value is -2.08. The van der Waals surface area contributed by atoms with Crippen molar-refractivity contribution in [1.29, 1.82) is 5.41 Å². The highest BCUT2D eigenvalue weighted by molar-refractivity contribution is 6.15. The molecule has 4 saturated heterocycles. The normalized spacial score (nSPS) is 33.0. The number of anilines is 1. The third-order valence-corrected chi connectivity index (χ3v) is 5.34. The van der Waals surface area contributed by atoms with Crippen LogP contribution in [0, 0.1) is 11.3 Å². The van der Waals surface area contributed by atoms with Crippen LogP contribution in [0.15, 0.2) is 24.3 Å². The largest absolute Gasteiger partial charge is 0.497 e. The zero-order valence-corrected chi connectivity index (χ0v) is 13.2. The van der Waals surface area contributed by atoms with Crippen molar-refractivity contribution in [2.24, 2.45) is 5.92 Å². The maximum absolute atomic E-state index is 12.7. The second kappa shape index (κ2) is 5.23. The number of rotatable bonds is 2. The van der Waals surface area contributed by atoms with Gasteiger partial charge in [-0.15, -0.1) is 0 Å². The number of benzene rings is 1. The molecule has 1 aromatic carbocycles. The van der Waals surface area contributed by atoms with Gasteiger partial charge in [0.05, 0.1) is 12.8 Å². The number of fused-ring (bicyclic) bond motifs is 2. The van der Waals surface area contributed by atoms with E-state index in [0.717, 1.165) is 32.5 Å². The summed E-state index contributed by atoms with van der Waals surface area (Å²) in [5, 5.41) is 8.45. The number of hydrogen-bond acceptors (Lipinski definition) is 5. The lowest BCUT2D eigenvalue weighted by Gasteiger charge is -2.54. The lowest BCUT2D eigenvalue weighted by molar-refractivity contribution is -0.113. The number of methoxy groups -OCH3 is 1. The summed E-state index contributed by atoms with van der Waals surface area (Å²) in [7, 11) is 1.58. The molecule has 4 fully saturated rings. The van der Waals surface area contributed by atoms with Crippen molar-refractivity contribution in [2.75, 3.05) is 31.6 Å². The van der Waals surface area contributed by atoms with Gasteiger partial charge in [0, 0.05) is 24.9 Å². The van der Waals surface area contributed by atoms with Crippen molar-refractivity contribution in [3.05, 3.63) is 24.3 Å². The van der Waals surface area contributed by atoms with E-state index in [1.165, 1.54) is 4.90 Å². The molecule has 1 aromatic rings. The summed E-state index contributed by atoms with van der Waals surface area (Å²) in [5.41, 5.74) is 0.121. The molecule has 1 unspecified atom stereocenters. The van der Waals surface area contributed by atoms with Crippen molar-refractivity contribution in [1.82, 2.24) is 4.90 Å². The van der Waals surface area contributed by atoms with E-state index in [0.29, 0.717) is 29.6 Å². The second-order valence-corrected chi connectivity index (χ2v) is 6.64. The van der Waals surface area contributed by atoms with Crippen molar-refractivity contribution < 1.29 is 14.3 Å². The summed E-state index contributed by atoms with van der Waals surface area (Å²) in [4.78, 5) is 16.4. The lowest BCUT2D eigenvalue weighted by atomic mass is 9.72. The van der Waals surface area contributed by atoms with Crippen LogP contribution < -0.4 is 9.64 Å². The minimum atomic E-state index is -0.500. The highest BCUT2D eigenvalue weighted by Crippen LogP contribution is 2.44. The highest BCUT2D eigenvalue weighted by Gasteiger charge is 2.54. The first-order valence-electron chi connectivity index (χ1n) is 8.08. The van der Waals surface area contributed by atoms with Gasteiger partial charge in [-0.2, -0.15) is 0 Å². The number of nitrogens with one attached hydrogen (secondary N) is 1. The van der Waals surface area contributed by atoms with Crippen LogP contribution in [0.5, 0.6) is 5.75 Å². The molecule has 0 radical (unpaired) electrons. The summed E-state index contributed by atoms with van der Waals surface area (Å²) in [6, 6.07) is 7.18. The maximum atomic E-state index is 12.7. The topological polar surface area (TPSA) is 65.9 Å². The molecule has 0 aromatic heterocycles. The fourth-order valence-electron chi connectivity index (χ4n) is 4.18. The van der Waals surface area contributed by atoms with Gasteiger partial charge in [0.1, 0.15) is 17.2 Å². The number of carbonyl (C=O) groups excluding carboxylic acids is 1. The Labute approximate surface area is 135 Å². The molecule has 1 N–H and O–H groups in total. The first-order valence-corrected chi connectivity index (χ1v) is 8.08. The Morgan fingerprint density at radius 1 is 1.35 bits per heavy atom. The molecule has 6 heteroatoms. The van der Waals surface area contributed by atoms with Gasteiger partial charge in [-0.3, -0.25) is 10.3 Å². The average molecular weight is 315 g/mol. The van der Waals surface area contributed by atoms with Crippen LogP contribution in [-0.4, -0.2) is 49.2 Å². The molecule has 4 heterocycles. The molecule has 23 heavy (non-hydrogen) atoms. The molecule has 4 aliphatic heterocycles. The van der Waals surface area contributed by atoms with Gasteiger partial charge in [0.2, 0.25) is 0 Å². The minimum Gasteiger partial charge on any atom is -0.497 e. The van der Waals surface area contributed by atoms with E-state index in [1.807, 2.05) is 12.1 Å². The molecular formula is C17H21N3O3. The molecule has 0 saturated carbocycles. The Morgan fingerprint density at radius 2 is 2.13 bits per heavy atom. The summed E-state index contributed by atoms with van der Waals surface area (Å²) in [5.74, 6) is 1.35. The van der Waals surface area contributed by atoms with Crippen LogP contribution >= 0.6 is 0 Å². The second-order valence-electron chi connectivity index (χ2n) is 6.64.